The van der Waals surface area contributed by atoms with E-state index in [1.807, 2.05) is 68.4 Å². The molecule has 10 heteroatoms. The molecule has 2 heterocycles. The molecule has 2 amide bonds. The van der Waals surface area contributed by atoms with E-state index in [1.54, 1.807) is 10.6 Å². The SMILES string of the molecule is CCn1cnc2c1c(=O)n(CC(=O)NNC(=O)/C=C/c1cccc(C)c1)c(=O)n2Cc1ccccc1. The lowest BCUT2D eigenvalue weighted by Crippen LogP contribution is -2.48. The molecule has 0 aliphatic rings. The van der Waals surface area contributed by atoms with Gasteiger partial charge in [0, 0.05) is 12.6 Å². The fraction of sp³-hybridized carbons (Fsp3) is 0.192. The number of aryl methyl sites for hydroxylation is 2. The second-order valence-corrected chi connectivity index (χ2v) is 8.23. The van der Waals surface area contributed by atoms with Crippen LogP contribution in [0.5, 0.6) is 0 Å². The zero-order chi connectivity index (χ0) is 25.7. The van der Waals surface area contributed by atoms with E-state index >= 15 is 0 Å². The molecule has 36 heavy (non-hydrogen) atoms. The lowest BCUT2D eigenvalue weighted by molar-refractivity contribution is -0.127. The summed E-state index contributed by atoms with van der Waals surface area (Å²) < 4.78 is 3.85. The number of carbonyl (C=O) groups excluding carboxylic acids is 2. The predicted molar refractivity (Wildman–Crippen MR) is 136 cm³/mol. The van der Waals surface area contributed by atoms with Gasteiger partial charge in [-0.15, -0.1) is 0 Å². The van der Waals surface area contributed by atoms with Crippen LogP contribution in [0.15, 0.2) is 76.6 Å². The highest BCUT2D eigenvalue weighted by Gasteiger charge is 2.19. The fourth-order valence-corrected chi connectivity index (χ4v) is 3.83. The number of nitrogens with one attached hydrogen (secondary N) is 2. The highest BCUT2D eigenvalue weighted by atomic mass is 16.2. The van der Waals surface area contributed by atoms with Crippen molar-refractivity contribution in [2.75, 3.05) is 0 Å². The molecule has 0 radical (unpaired) electrons. The first kappa shape index (κ1) is 24.4. The van der Waals surface area contributed by atoms with Crippen LogP contribution in [0.1, 0.15) is 23.6 Å². The van der Waals surface area contributed by atoms with Crippen molar-refractivity contribution in [3.8, 4) is 0 Å². The van der Waals surface area contributed by atoms with E-state index in [1.165, 1.54) is 17.0 Å². The van der Waals surface area contributed by atoms with Crippen molar-refractivity contribution in [3.05, 3.63) is 105 Å². The van der Waals surface area contributed by atoms with Gasteiger partial charge in [0.25, 0.3) is 17.4 Å². The Kier molecular flexibility index (Phi) is 7.24. The summed E-state index contributed by atoms with van der Waals surface area (Å²) in [5.41, 5.74) is 6.44. The van der Waals surface area contributed by atoms with Crippen LogP contribution in [0.2, 0.25) is 0 Å². The van der Waals surface area contributed by atoms with E-state index in [0.29, 0.717) is 6.54 Å². The Morgan fingerprint density at radius 1 is 1.00 bits per heavy atom. The molecule has 4 rings (SSSR count). The van der Waals surface area contributed by atoms with Crippen LogP contribution in [0.25, 0.3) is 17.2 Å². The Balaban J connectivity index is 1.55. The molecule has 0 unspecified atom stereocenters. The van der Waals surface area contributed by atoms with Gasteiger partial charge in [-0.05, 0) is 31.1 Å². The van der Waals surface area contributed by atoms with E-state index in [-0.39, 0.29) is 17.7 Å². The highest BCUT2D eigenvalue weighted by Crippen LogP contribution is 2.10. The Labute approximate surface area is 206 Å². The molecule has 0 aliphatic heterocycles. The third-order valence-corrected chi connectivity index (χ3v) is 5.60. The molecule has 2 aromatic heterocycles. The van der Waals surface area contributed by atoms with Gasteiger partial charge >= 0.3 is 5.69 Å². The van der Waals surface area contributed by atoms with Gasteiger partial charge in [-0.1, -0.05) is 60.2 Å². The predicted octanol–water partition coefficient (Wildman–Crippen LogP) is 1.60. The number of carbonyl (C=O) groups is 2. The lowest BCUT2D eigenvalue weighted by atomic mass is 10.1. The van der Waals surface area contributed by atoms with Gasteiger partial charge in [0.1, 0.15) is 6.54 Å². The maximum atomic E-state index is 13.3. The van der Waals surface area contributed by atoms with Crippen molar-refractivity contribution in [1.29, 1.82) is 0 Å². The Hall–Kier alpha value is -4.73. The topological polar surface area (TPSA) is 120 Å². The van der Waals surface area contributed by atoms with Crippen molar-refractivity contribution in [3.63, 3.8) is 0 Å². The van der Waals surface area contributed by atoms with Crippen LogP contribution in [0.4, 0.5) is 0 Å². The van der Waals surface area contributed by atoms with Gasteiger partial charge in [0.15, 0.2) is 11.2 Å². The Morgan fingerprint density at radius 2 is 1.78 bits per heavy atom. The van der Waals surface area contributed by atoms with Crippen LogP contribution in [-0.4, -0.2) is 30.5 Å². The quantitative estimate of drug-likeness (QED) is 0.304. The van der Waals surface area contributed by atoms with E-state index in [2.05, 4.69) is 15.8 Å². The lowest BCUT2D eigenvalue weighted by Gasteiger charge is -2.12. The third-order valence-electron chi connectivity index (χ3n) is 5.60. The molecule has 0 atom stereocenters. The summed E-state index contributed by atoms with van der Waals surface area (Å²) in [6.45, 7) is 3.87. The first-order valence-corrected chi connectivity index (χ1v) is 11.4. The number of aromatic nitrogens is 4. The minimum Gasteiger partial charge on any atom is -0.325 e. The number of nitrogens with zero attached hydrogens (tertiary/aromatic N) is 4. The second-order valence-electron chi connectivity index (χ2n) is 8.23. The molecule has 2 N–H and O–H groups in total. The maximum Gasteiger partial charge on any atom is 0.333 e. The third kappa shape index (κ3) is 5.33. The van der Waals surface area contributed by atoms with Crippen molar-refractivity contribution >= 4 is 29.1 Å². The van der Waals surface area contributed by atoms with E-state index in [4.69, 9.17) is 0 Å². The standard InChI is InChI=1S/C26H26N6O4/c1-3-30-17-27-24-23(30)25(35)32(26(36)31(24)15-20-9-5-4-6-10-20)16-22(34)29-28-21(33)13-12-19-11-7-8-18(2)14-19/h4-14,17H,3,15-16H2,1-2H3,(H,28,33)(H,29,34)/b13-12+. The largest absolute Gasteiger partial charge is 0.333 e. The van der Waals surface area contributed by atoms with Gasteiger partial charge in [-0.25, -0.2) is 14.3 Å². The zero-order valence-corrected chi connectivity index (χ0v) is 20.0. The molecule has 184 valence electrons. The van der Waals surface area contributed by atoms with Gasteiger partial charge in [-0.3, -0.25) is 29.8 Å². The van der Waals surface area contributed by atoms with Crippen LogP contribution in [-0.2, 0) is 29.2 Å². The molecule has 0 saturated heterocycles. The molecule has 0 spiro atoms. The number of hydrogen-bond acceptors (Lipinski definition) is 5. The van der Waals surface area contributed by atoms with Gasteiger partial charge in [0.05, 0.1) is 12.9 Å². The number of benzene rings is 2. The van der Waals surface area contributed by atoms with Crippen LogP contribution in [0.3, 0.4) is 0 Å². The summed E-state index contributed by atoms with van der Waals surface area (Å²) in [4.78, 5) is 55.4. The Morgan fingerprint density at radius 3 is 2.50 bits per heavy atom. The highest BCUT2D eigenvalue weighted by molar-refractivity contribution is 5.93. The van der Waals surface area contributed by atoms with E-state index in [9.17, 15) is 19.2 Å². The average Bonchev–Trinajstić information content (AvgIpc) is 3.31. The number of rotatable bonds is 7. The van der Waals surface area contributed by atoms with Crippen molar-refractivity contribution in [2.24, 2.45) is 0 Å². The van der Waals surface area contributed by atoms with Crippen molar-refractivity contribution in [1.82, 2.24) is 29.5 Å². The van der Waals surface area contributed by atoms with Gasteiger partial charge in [-0.2, -0.15) is 0 Å². The molecule has 0 fully saturated rings. The average molecular weight is 487 g/mol. The van der Waals surface area contributed by atoms with Crippen LogP contribution < -0.4 is 22.1 Å². The van der Waals surface area contributed by atoms with Crippen molar-refractivity contribution < 1.29 is 9.59 Å². The summed E-state index contributed by atoms with van der Waals surface area (Å²) in [6, 6.07) is 16.9. The molecule has 2 aromatic carbocycles. The fourth-order valence-electron chi connectivity index (χ4n) is 3.83. The van der Waals surface area contributed by atoms with Gasteiger partial charge < -0.3 is 4.57 Å². The molecule has 0 bridgehead atoms. The van der Waals surface area contributed by atoms with Crippen molar-refractivity contribution in [2.45, 2.75) is 33.5 Å². The minimum absolute atomic E-state index is 0.180. The molecule has 10 nitrogen and oxygen atoms in total. The van der Waals surface area contributed by atoms with Gasteiger partial charge in [0.2, 0.25) is 0 Å². The maximum absolute atomic E-state index is 13.3. The first-order valence-electron chi connectivity index (χ1n) is 11.4. The van der Waals surface area contributed by atoms with Crippen LogP contribution in [0, 0.1) is 6.92 Å². The monoisotopic (exact) mass is 486 g/mol. The number of amides is 2. The minimum atomic E-state index is -0.723. The zero-order valence-electron chi connectivity index (χ0n) is 20.0. The van der Waals surface area contributed by atoms with E-state index in [0.717, 1.165) is 21.3 Å². The number of hydrazine groups is 1. The molecular formula is C26H26N6O4. The summed E-state index contributed by atoms with van der Waals surface area (Å²) in [6.07, 6.45) is 4.39. The summed E-state index contributed by atoms with van der Waals surface area (Å²) in [5.74, 6) is -1.28. The number of hydrogen-bond donors (Lipinski definition) is 2. The smallest absolute Gasteiger partial charge is 0.325 e. The summed E-state index contributed by atoms with van der Waals surface area (Å²) in [5, 5.41) is 0. The first-order chi connectivity index (χ1) is 17.4. The molecule has 0 saturated carbocycles. The summed E-state index contributed by atoms with van der Waals surface area (Å²) in [7, 11) is 0. The normalized spacial score (nSPS) is 11.2. The molecule has 0 aliphatic carbocycles. The second kappa shape index (κ2) is 10.7. The number of fused-ring (bicyclic) bond motifs is 1. The van der Waals surface area contributed by atoms with Crippen LogP contribution >= 0.6 is 0 Å². The Bertz CT molecular complexity index is 1560. The number of imidazole rings is 1. The van der Waals surface area contributed by atoms with E-state index < -0.39 is 29.6 Å². The molecule has 4 aromatic rings. The summed E-state index contributed by atoms with van der Waals surface area (Å²) >= 11 is 0. The molecular weight excluding hydrogens is 460 g/mol.